The van der Waals surface area contributed by atoms with Gasteiger partial charge in [0.05, 0.1) is 35.2 Å². The molecule has 3 atom stereocenters. The molecule has 2 aromatic carbocycles. The minimum atomic E-state index is -4.30. The van der Waals surface area contributed by atoms with E-state index in [1.807, 2.05) is 30.3 Å². The zero-order chi connectivity index (χ0) is 31.4. The number of rotatable bonds is 11. The Kier molecular flexibility index (Phi) is 9.95. The van der Waals surface area contributed by atoms with Crippen molar-refractivity contribution in [1.82, 2.24) is 19.6 Å². The Labute approximate surface area is 250 Å². The summed E-state index contributed by atoms with van der Waals surface area (Å²) in [5, 5.41) is 24.5. The van der Waals surface area contributed by atoms with Crippen LogP contribution in [0.5, 0.6) is 0 Å². The lowest BCUT2D eigenvalue weighted by atomic mass is 9.94. The number of aliphatic hydroxyl groups excluding tert-OH is 1. The number of H-pyrrole nitrogens is 1. The molecular formula is C29H39N5O8S. The Bertz CT molecular complexity index is 1520. The van der Waals surface area contributed by atoms with Crippen molar-refractivity contribution in [2.24, 2.45) is 0 Å². The smallest absolute Gasteiger partial charge is 0.413 e. The summed E-state index contributed by atoms with van der Waals surface area (Å²) in [6.45, 7) is 5.14. The lowest BCUT2D eigenvalue weighted by molar-refractivity contribution is -0.110. The molecule has 3 unspecified atom stereocenters. The molecule has 3 aromatic rings. The first-order valence-electron chi connectivity index (χ1n) is 14.1. The first-order chi connectivity index (χ1) is 20.3. The van der Waals surface area contributed by atoms with Crippen molar-refractivity contribution in [3.05, 3.63) is 54.1 Å². The molecule has 0 spiro atoms. The van der Waals surface area contributed by atoms with E-state index in [9.17, 15) is 28.2 Å². The first-order valence-corrected chi connectivity index (χ1v) is 15.5. The molecule has 43 heavy (non-hydrogen) atoms. The molecule has 1 aromatic heterocycles. The molecule has 0 bridgehead atoms. The highest BCUT2D eigenvalue weighted by molar-refractivity contribution is 7.89. The quantitative estimate of drug-likeness (QED) is 0.198. The minimum absolute atomic E-state index is 0.0712. The molecule has 0 saturated heterocycles. The van der Waals surface area contributed by atoms with E-state index in [2.05, 4.69) is 24.7 Å². The number of anilines is 1. The molecule has 4 rings (SSSR count). The Balaban J connectivity index is 1.69. The number of aliphatic hydroxyl groups is 1. The van der Waals surface area contributed by atoms with Crippen molar-refractivity contribution in [1.29, 1.82) is 0 Å². The lowest BCUT2D eigenvalue weighted by Crippen LogP contribution is -2.61. The fourth-order valence-electron chi connectivity index (χ4n) is 5.34. The molecule has 234 valence electrons. The third-order valence-corrected chi connectivity index (χ3v) is 8.75. The molecule has 5 N–H and O–H groups in total. The van der Waals surface area contributed by atoms with E-state index in [4.69, 9.17) is 4.74 Å². The number of imidazole rings is 1. The Morgan fingerprint density at radius 2 is 1.81 bits per heavy atom. The number of ether oxygens (including phenoxy) is 2. The summed E-state index contributed by atoms with van der Waals surface area (Å²) in [6.07, 6.45) is -2.05. The van der Waals surface area contributed by atoms with Gasteiger partial charge < -0.3 is 24.7 Å². The van der Waals surface area contributed by atoms with E-state index in [0.717, 1.165) is 23.3 Å². The predicted molar refractivity (Wildman–Crippen MR) is 159 cm³/mol. The van der Waals surface area contributed by atoms with Crippen molar-refractivity contribution in [3.63, 3.8) is 0 Å². The number of nitrogens with zero attached hydrogens (tertiary/aromatic N) is 2. The van der Waals surface area contributed by atoms with Crippen LogP contribution in [-0.2, 0) is 25.9 Å². The van der Waals surface area contributed by atoms with Crippen molar-refractivity contribution in [2.45, 2.75) is 87.8 Å². The van der Waals surface area contributed by atoms with Crippen LogP contribution in [0, 0.1) is 0 Å². The SMILES string of the molecule is COC(=O)Nc1nc2ccc(S(=O)(=O)NC(OC3CCCC3)C(O)C(Cc3ccccc3)N(C(=O)O)C(C)(C)C)cc2[nH]1. The van der Waals surface area contributed by atoms with Crippen molar-refractivity contribution in [3.8, 4) is 0 Å². The summed E-state index contributed by atoms with van der Waals surface area (Å²) in [7, 11) is -3.10. The fourth-order valence-corrected chi connectivity index (χ4v) is 6.50. The van der Waals surface area contributed by atoms with Crippen LogP contribution in [0.1, 0.15) is 52.0 Å². The van der Waals surface area contributed by atoms with E-state index >= 15 is 0 Å². The average Bonchev–Trinajstić information content (AvgIpc) is 3.60. The normalized spacial score (nSPS) is 16.5. The van der Waals surface area contributed by atoms with Gasteiger partial charge >= 0.3 is 12.2 Å². The van der Waals surface area contributed by atoms with Gasteiger partial charge in [-0.3, -0.25) is 10.2 Å². The number of aromatic amines is 1. The predicted octanol–water partition coefficient (Wildman–Crippen LogP) is 4.06. The van der Waals surface area contributed by atoms with Crippen LogP contribution in [0.15, 0.2) is 53.4 Å². The highest BCUT2D eigenvalue weighted by Gasteiger charge is 2.42. The Morgan fingerprint density at radius 3 is 2.42 bits per heavy atom. The number of benzene rings is 2. The van der Waals surface area contributed by atoms with E-state index < -0.39 is 46.1 Å². The zero-order valence-electron chi connectivity index (χ0n) is 24.6. The van der Waals surface area contributed by atoms with Gasteiger partial charge in [-0.2, -0.15) is 4.72 Å². The van der Waals surface area contributed by atoms with Gasteiger partial charge in [-0.15, -0.1) is 0 Å². The number of hydrogen-bond donors (Lipinski definition) is 5. The molecule has 13 nitrogen and oxygen atoms in total. The molecule has 0 aliphatic heterocycles. The molecule has 1 heterocycles. The lowest BCUT2D eigenvalue weighted by Gasteiger charge is -2.43. The van der Waals surface area contributed by atoms with Gasteiger partial charge in [0.25, 0.3) is 0 Å². The second-order valence-electron chi connectivity index (χ2n) is 11.5. The summed E-state index contributed by atoms with van der Waals surface area (Å²) in [5.74, 6) is 0.0712. The average molecular weight is 618 g/mol. The van der Waals surface area contributed by atoms with Gasteiger partial charge in [-0.1, -0.05) is 43.2 Å². The van der Waals surface area contributed by atoms with E-state index in [0.29, 0.717) is 23.9 Å². The number of amides is 2. The third-order valence-electron chi connectivity index (χ3n) is 7.33. The summed E-state index contributed by atoms with van der Waals surface area (Å²) in [5.41, 5.74) is 0.569. The second kappa shape index (κ2) is 13.3. The van der Waals surface area contributed by atoms with Crippen LogP contribution in [0.4, 0.5) is 15.5 Å². The fraction of sp³-hybridized carbons (Fsp3) is 0.483. The number of carbonyl (C=O) groups is 2. The highest BCUT2D eigenvalue weighted by Crippen LogP contribution is 2.28. The number of hydrogen-bond acceptors (Lipinski definition) is 8. The summed E-state index contributed by atoms with van der Waals surface area (Å²) in [4.78, 5) is 32.1. The molecule has 1 aliphatic carbocycles. The Morgan fingerprint density at radius 1 is 1.14 bits per heavy atom. The minimum Gasteiger partial charge on any atom is -0.465 e. The highest BCUT2D eigenvalue weighted by atomic mass is 32.2. The number of sulfonamides is 1. The molecule has 1 aliphatic rings. The van der Waals surface area contributed by atoms with Crippen LogP contribution < -0.4 is 10.0 Å². The Hall–Kier alpha value is -3.72. The number of nitrogens with one attached hydrogen (secondary N) is 3. The van der Waals surface area contributed by atoms with Crippen LogP contribution >= 0.6 is 0 Å². The van der Waals surface area contributed by atoms with E-state index in [1.54, 1.807) is 20.8 Å². The van der Waals surface area contributed by atoms with Crippen molar-refractivity contribution < 1.29 is 37.7 Å². The van der Waals surface area contributed by atoms with Crippen LogP contribution in [0.2, 0.25) is 0 Å². The first kappa shape index (κ1) is 32.2. The summed E-state index contributed by atoms with van der Waals surface area (Å²) < 4.78 is 40.7. The van der Waals surface area contributed by atoms with Crippen molar-refractivity contribution in [2.75, 3.05) is 12.4 Å². The number of carbonyl (C=O) groups excluding carboxylic acids is 1. The topological polar surface area (TPSA) is 183 Å². The monoisotopic (exact) mass is 617 g/mol. The van der Waals surface area contributed by atoms with Gasteiger partial charge in [0.2, 0.25) is 16.0 Å². The van der Waals surface area contributed by atoms with Crippen molar-refractivity contribution >= 4 is 39.2 Å². The third kappa shape index (κ3) is 8.02. The van der Waals surface area contributed by atoms with Gasteiger partial charge in [0.15, 0.2) is 0 Å². The van der Waals surface area contributed by atoms with E-state index in [1.165, 1.54) is 25.3 Å². The maximum atomic E-state index is 13.7. The molecule has 1 saturated carbocycles. The van der Waals surface area contributed by atoms with Gasteiger partial charge in [-0.05, 0) is 63.8 Å². The van der Waals surface area contributed by atoms with Gasteiger partial charge in [-0.25, -0.2) is 23.0 Å². The zero-order valence-corrected chi connectivity index (χ0v) is 25.4. The van der Waals surface area contributed by atoms with Crippen LogP contribution in [0.3, 0.4) is 0 Å². The van der Waals surface area contributed by atoms with Gasteiger partial charge in [0.1, 0.15) is 12.3 Å². The number of fused-ring (bicyclic) bond motifs is 1. The molecule has 14 heteroatoms. The van der Waals surface area contributed by atoms with Crippen LogP contribution in [0.25, 0.3) is 11.0 Å². The number of carboxylic acid groups (broad SMARTS) is 1. The molecular weight excluding hydrogens is 578 g/mol. The molecule has 0 radical (unpaired) electrons. The summed E-state index contributed by atoms with van der Waals surface area (Å²) in [6, 6.07) is 12.2. The van der Waals surface area contributed by atoms with Gasteiger partial charge in [0, 0.05) is 5.54 Å². The standard InChI is InChI=1S/C29H39N5O8S/c1-29(2,3)34(28(37)38)23(16-18-10-6-5-7-11-18)24(35)25(42-19-12-8-9-13-19)33-43(39,40)20-14-15-21-22(17-20)31-26(30-21)32-27(36)41-4/h5-7,10-11,14-15,17,19,23-25,33,35H,8-9,12-13,16H2,1-4H3,(H,37,38)(H2,30,31,32,36). The maximum absolute atomic E-state index is 13.7. The molecule has 2 amide bonds. The molecule has 1 fully saturated rings. The second-order valence-corrected chi connectivity index (χ2v) is 13.3. The number of methoxy groups -OCH3 is 1. The summed E-state index contributed by atoms with van der Waals surface area (Å²) >= 11 is 0. The maximum Gasteiger partial charge on any atom is 0.413 e. The number of aromatic nitrogens is 2. The van der Waals surface area contributed by atoms with Crippen LogP contribution in [-0.4, -0.2) is 82.8 Å². The van der Waals surface area contributed by atoms with E-state index in [-0.39, 0.29) is 23.4 Å². The largest absolute Gasteiger partial charge is 0.465 e.